The molecule has 0 bridgehead atoms. The van der Waals surface area contributed by atoms with E-state index in [2.05, 4.69) is 0 Å². The number of carbonyl (C=O) groups excluding carboxylic acids is 1. The molecule has 0 atom stereocenters. The predicted octanol–water partition coefficient (Wildman–Crippen LogP) is 0.967. The van der Waals surface area contributed by atoms with Crippen LogP contribution in [0.2, 0.25) is 0 Å². The molecule has 6 heteroatoms. The van der Waals surface area contributed by atoms with Gasteiger partial charge in [0.25, 0.3) is 11.9 Å². The molecular formula is C11H15NO5. The number of carboxylic acids is 2. The van der Waals surface area contributed by atoms with E-state index in [0.29, 0.717) is 5.56 Å². The second-order valence-corrected chi connectivity index (χ2v) is 2.77. The van der Waals surface area contributed by atoms with Gasteiger partial charge in [0, 0.05) is 19.4 Å². The average molecular weight is 241 g/mol. The maximum atomic E-state index is 10.4. The van der Waals surface area contributed by atoms with Gasteiger partial charge in [0.05, 0.1) is 0 Å². The van der Waals surface area contributed by atoms with Gasteiger partial charge in [-0.2, -0.15) is 0 Å². The van der Waals surface area contributed by atoms with Crippen molar-refractivity contribution in [1.29, 1.82) is 0 Å². The summed E-state index contributed by atoms with van der Waals surface area (Å²) in [6, 6.07) is 8.76. The molecule has 17 heavy (non-hydrogen) atoms. The van der Waals surface area contributed by atoms with E-state index >= 15 is 0 Å². The first-order valence-electron chi connectivity index (χ1n) is 4.51. The molecular weight excluding hydrogens is 226 g/mol. The normalized spacial score (nSPS) is 7.65. The molecule has 1 aromatic rings. The first-order valence-corrected chi connectivity index (χ1v) is 4.51. The SMILES string of the molecule is CC(=O)O.CC(=O)O.NC(=O)c1ccccc1. The Bertz CT molecular complexity index is 341. The summed E-state index contributed by atoms with van der Waals surface area (Å²) in [6.45, 7) is 2.17. The quantitative estimate of drug-likeness (QED) is 0.677. The Morgan fingerprint density at radius 2 is 1.24 bits per heavy atom. The molecule has 0 saturated carbocycles. The Labute approximate surface area is 98.7 Å². The van der Waals surface area contributed by atoms with Crippen molar-refractivity contribution in [3.63, 3.8) is 0 Å². The number of nitrogens with two attached hydrogens (primary N) is 1. The maximum Gasteiger partial charge on any atom is 0.300 e. The van der Waals surface area contributed by atoms with Crippen LogP contribution in [-0.4, -0.2) is 28.1 Å². The summed E-state index contributed by atoms with van der Waals surface area (Å²) in [6.07, 6.45) is 0. The third-order valence-electron chi connectivity index (χ3n) is 1.06. The van der Waals surface area contributed by atoms with Gasteiger partial charge in [-0.25, -0.2) is 0 Å². The average Bonchev–Trinajstić information content (AvgIpc) is 2.17. The Hall–Kier alpha value is -2.37. The van der Waals surface area contributed by atoms with E-state index in [1.807, 2.05) is 6.07 Å². The molecule has 0 fully saturated rings. The van der Waals surface area contributed by atoms with Gasteiger partial charge in [0.2, 0.25) is 5.91 Å². The molecule has 0 aliphatic carbocycles. The first kappa shape index (κ1) is 17.0. The molecule has 1 aromatic carbocycles. The van der Waals surface area contributed by atoms with Crippen molar-refractivity contribution < 1.29 is 24.6 Å². The largest absolute Gasteiger partial charge is 0.481 e. The van der Waals surface area contributed by atoms with Crippen molar-refractivity contribution in [1.82, 2.24) is 0 Å². The van der Waals surface area contributed by atoms with Gasteiger partial charge >= 0.3 is 0 Å². The number of primary amides is 1. The molecule has 0 aliphatic heterocycles. The predicted molar refractivity (Wildman–Crippen MR) is 61.6 cm³/mol. The zero-order chi connectivity index (χ0) is 13.8. The number of benzene rings is 1. The second-order valence-electron chi connectivity index (χ2n) is 2.77. The lowest BCUT2D eigenvalue weighted by Gasteiger charge is -1.89. The van der Waals surface area contributed by atoms with Crippen LogP contribution in [0, 0.1) is 0 Å². The second kappa shape index (κ2) is 10.2. The van der Waals surface area contributed by atoms with Crippen LogP contribution in [0.4, 0.5) is 0 Å². The maximum absolute atomic E-state index is 10.4. The van der Waals surface area contributed by atoms with Crippen LogP contribution in [-0.2, 0) is 9.59 Å². The summed E-state index contributed by atoms with van der Waals surface area (Å²) in [4.78, 5) is 28.4. The molecule has 0 saturated heterocycles. The topological polar surface area (TPSA) is 118 Å². The number of carboxylic acid groups (broad SMARTS) is 2. The van der Waals surface area contributed by atoms with Crippen molar-refractivity contribution >= 4 is 17.8 Å². The Balaban J connectivity index is 0. The molecule has 94 valence electrons. The molecule has 0 unspecified atom stereocenters. The van der Waals surface area contributed by atoms with Crippen LogP contribution in [0.1, 0.15) is 24.2 Å². The zero-order valence-corrected chi connectivity index (χ0v) is 9.58. The third-order valence-corrected chi connectivity index (χ3v) is 1.06. The summed E-state index contributed by atoms with van der Waals surface area (Å²) in [5, 5.41) is 14.8. The minimum atomic E-state index is -0.833. The van der Waals surface area contributed by atoms with Gasteiger partial charge in [0.15, 0.2) is 0 Å². The monoisotopic (exact) mass is 241 g/mol. The van der Waals surface area contributed by atoms with E-state index in [1.165, 1.54) is 0 Å². The van der Waals surface area contributed by atoms with E-state index < -0.39 is 11.9 Å². The van der Waals surface area contributed by atoms with Crippen LogP contribution < -0.4 is 5.73 Å². The number of carbonyl (C=O) groups is 3. The number of hydrogen-bond donors (Lipinski definition) is 3. The standard InChI is InChI=1S/C7H7NO.2C2H4O2/c8-7(9)6-4-2-1-3-5-6;2*1-2(3)4/h1-5H,(H2,8,9);2*1H3,(H,3,4). The van der Waals surface area contributed by atoms with E-state index in [9.17, 15) is 4.79 Å². The highest BCUT2D eigenvalue weighted by molar-refractivity contribution is 5.92. The van der Waals surface area contributed by atoms with Crippen molar-refractivity contribution in [2.45, 2.75) is 13.8 Å². The van der Waals surface area contributed by atoms with Crippen LogP contribution >= 0.6 is 0 Å². The van der Waals surface area contributed by atoms with Crippen molar-refractivity contribution in [3.8, 4) is 0 Å². The van der Waals surface area contributed by atoms with Crippen LogP contribution in [0.5, 0.6) is 0 Å². The lowest BCUT2D eigenvalue weighted by Crippen LogP contribution is -2.09. The molecule has 0 aromatic heterocycles. The number of aliphatic carboxylic acids is 2. The molecule has 0 aliphatic rings. The molecule has 4 N–H and O–H groups in total. The summed E-state index contributed by atoms with van der Waals surface area (Å²) in [7, 11) is 0. The van der Waals surface area contributed by atoms with Gasteiger partial charge in [-0.15, -0.1) is 0 Å². The van der Waals surface area contributed by atoms with Crippen LogP contribution in [0.3, 0.4) is 0 Å². The molecule has 6 nitrogen and oxygen atoms in total. The Morgan fingerprint density at radius 1 is 0.941 bits per heavy atom. The van der Waals surface area contributed by atoms with Crippen molar-refractivity contribution in [3.05, 3.63) is 35.9 Å². The van der Waals surface area contributed by atoms with E-state index in [1.54, 1.807) is 24.3 Å². The number of hydrogen-bond acceptors (Lipinski definition) is 3. The molecule has 1 amide bonds. The highest BCUT2D eigenvalue weighted by atomic mass is 16.4. The smallest absolute Gasteiger partial charge is 0.300 e. The van der Waals surface area contributed by atoms with Crippen molar-refractivity contribution in [2.75, 3.05) is 0 Å². The lowest BCUT2D eigenvalue weighted by molar-refractivity contribution is -0.135. The molecule has 1 rings (SSSR count). The van der Waals surface area contributed by atoms with Gasteiger partial charge < -0.3 is 15.9 Å². The minimum absolute atomic E-state index is 0.379. The summed E-state index contributed by atoms with van der Waals surface area (Å²) >= 11 is 0. The van der Waals surface area contributed by atoms with Crippen LogP contribution in [0.15, 0.2) is 30.3 Å². The van der Waals surface area contributed by atoms with Gasteiger partial charge in [-0.1, -0.05) is 18.2 Å². The van der Waals surface area contributed by atoms with E-state index in [4.69, 9.17) is 25.5 Å². The fourth-order valence-electron chi connectivity index (χ4n) is 0.602. The fourth-order valence-corrected chi connectivity index (χ4v) is 0.602. The third kappa shape index (κ3) is 19.9. The molecule has 0 heterocycles. The van der Waals surface area contributed by atoms with Crippen LogP contribution in [0.25, 0.3) is 0 Å². The first-order chi connectivity index (χ1) is 7.77. The van der Waals surface area contributed by atoms with Gasteiger partial charge in [-0.3, -0.25) is 14.4 Å². The Morgan fingerprint density at radius 3 is 1.41 bits per heavy atom. The zero-order valence-electron chi connectivity index (χ0n) is 9.58. The van der Waals surface area contributed by atoms with E-state index in [0.717, 1.165) is 13.8 Å². The highest BCUT2D eigenvalue weighted by Gasteiger charge is 1.93. The summed E-state index contributed by atoms with van der Waals surface area (Å²) in [5.41, 5.74) is 5.53. The fraction of sp³-hybridized carbons (Fsp3) is 0.182. The minimum Gasteiger partial charge on any atom is -0.481 e. The number of rotatable bonds is 1. The van der Waals surface area contributed by atoms with E-state index in [-0.39, 0.29) is 5.91 Å². The molecule has 0 spiro atoms. The Kier molecular flexibility index (Phi) is 10.2. The highest BCUT2D eigenvalue weighted by Crippen LogP contribution is 1.94. The molecule has 0 radical (unpaired) electrons. The summed E-state index contributed by atoms with van der Waals surface area (Å²) < 4.78 is 0. The van der Waals surface area contributed by atoms with Gasteiger partial charge in [-0.05, 0) is 12.1 Å². The van der Waals surface area contributed by atoms with Gasteiger partial charge in [0.1, 0.15) is 0 Å². The van der Waals surface area contributed by atoms with Crippen molar-refractivity contribution in [2.24, 2.45) is 5.73 Å². The summed E-state index contributed by atoms with van der Waals surface area (Å²) in [5.74, 6) is -2.05. The lowest BCUT2D eigenvalue weighted by atomic mass is 10.2. The number of amides is 1.